The summed E-state index contributed by atoms with van der Waals surface area (Å²) in [5.74, 6) is 0.797. The number of alkyl halides is 1. The van der Waals surface area contributed by atoms with Crippen molar-refractivity contribution in [2.75, 3.05) is 5.88 Å². The van der Waals surface area contributed by atoms with Crippen LogP contribution in [0.1, 0.15) is 44.8 Å². The van der Waals surface area contributed by atoms with Gasteiger partial charge in [0.05, 0.1) is 4.88 Å². The van der Waals surface area contributed by atoms with Gasteiger partial charge in [0.25, 0.3) is 0 Å². The maximum Gasteiger partial charge on any atom is 0.373 e. The first-order valence-electron chi connectivity index (χ1n) is 7.42. The Balaban J connectivity index is 0. The highest BCUT2D eigenvalue weighted by Gasteiger charge is 2.11. The smallest absolute Gasteiger partial charge is 0.293 e. The second kappa shape index (κ2) is 16.6. The molecule has 2 heterocycles. The molecule has 2 aromatic rings. The first-order chi connectivity index (χ1) is 12.3. The van der Waals surface area contributed by atoms with Crippen molar-refractivity contribution in [1.82, 2.24) is 0 Å². The molecule has 0 saturated carbocycles. The molecular weight excluding hydrogens is 396 g/mol. The van der Waals surface area contributed by atoms with Crippen LogP contribution in [0.5, 0.6) is 0 Å². The number of carbonyl (C=O) groups excluding carboxylic acids is 5. The fourth-order valence-corrected chi connectivity index (χ4v) is 3.57. The van der Waals surface area contributed by atoms with E-state index in [9.17, 15) is 4.79 Å². The summed E-state index contributed by atoms with van der Waals surface area (Å²) in [4.78, 5) is 45.0. The van der Waals surface area contributed by atoms with Crippen LogP contribution < -0.4 is 0 Å². The molecule has 0 fully saturated rings. The Labute approximate surface area is 166 Å². The van der Waals surface area contributed by atoms with Crippen molar-refractivity contribution in [2.24, 2.45) is 0 Å². The monoisotopic (exact) mass is 416 g/mol. The molecule has 0 aliphatic carbocycles. The summed E-state index contributed by atoms with van der Waals surface area (Å²) in [6.07, 6.45) is 1.85. The lowest BCUT2D eigenvalue weighted by Crippen LogP contribution is -1.98. The SMILES string of the molecule is Cc1csc(C(=O)CCCCl)c1C.Cc1cscc1C.O=C=O.O=C=O. The fourth-order valence-electron chi connectivity index (χ4n) is 1.54. The largest absolute Gasteiger partial charge is 0.373 e. The predicted molar refractivity (Wildman–Crippen MR) is 102 cm³/mol. The molecule has 0 unspecified atom stereocenters. The second-order valence-corrected chi connectivity index (χ2v) is 6.99. The number of thiophene rings is 2. The van der Waals surface area contributed by atoms with E-state index in [2.05, 4.69) is 24.6 Å². The lowest BCUT2D eigenvalue weighted by atomic mass is 10.1. The number of ketones is 1. The zero-order valence-corrected chi connectivity index (χ0v) is 17.5. The Bertz CT molecular complexity index is 693. The van der Waals surface area contributed by atoms with Gasteiger partial charge >= 0.3 is 12.3 Å². The maximum absolute atomic E-state index is 11.6. The molecule has 0 aromatic carbocycles. The molecule has 26 heavy (non-hydrogen) atoms. The summed E-state index contributed by atoms with van der Waals surface area (Å²) in [5, 5.41) is 6.36. The number of hydrogen-bond acceptors (Lipinski definition) is 7. The number of hydrogen-bond donors (Lipinski definition) is 0. The number of halogens is 1. The molecule has 0 radical (unpaired) electrons. The zero-order chi connectivity index (χ0) is 20.5. The van der Waals surface area contributed by atoms with Crippen molar-refractivity contribution >= 4 is 52.4 Å². The first-order valence-corrected chi connectivity index (χ1v) is 9.78. The van der Waals surface area contributed by atoms with E-state index >= 15 is 0 Å². The highest BCUT2D eigenvalue weighted by molar-refractivity contribution is 7.12. The van der Waals surface area contributed by atoms with Crippen molar-refractivity contribution in [3.05, 3.63) is 43.3 Å². The van der Waals surface area contributed by atoms with Crippen LogP contribution in [0.25, 0.3) is 0 Å². The Morgan fingerprint density at radius 3 is 1.65 bits per heavy atom. The minimum atomic E-state index is 0.233. The van der Waals surface area contributed by atoms with Crippen LogP contribution in [0.2, 0.25) is 0 Å². The minimum absolute atomic E-state index is 0.233. The van der Waals surface area contributed by atoms with Gasteiger partial charge in [-0.3, -0.25) is 4.79 Å². The molecule has 2 rings (SSSR count). The summed E-state index contributed by atoms with van der Waals surface area (Å²) in [6.45, 7) is 8.29. The van der Waals surface area contributed by atoms with E-state index in [1.807, 2.05) is 19.2 Å². The molecular formula is C18H21ClO5S2. The molecule has 0 aliphatic rings. The zero-order valence-electron chi connectivity index (χ0n) is 15.1. The van der Waals surface area contributed by atoms with Crippen molar-refractivity contribution in [3.8, 4) is 0 Å². The highest BCUT2D eigenvalue weighted by Crippen LogP contribution is 2.22. The quantitative estimate of drug-likeness (QED) is 0.529. The van der Waals surface area contributed by atoms with Crippen LogP contribution in [-0.2, 0) is 19.2 Å². The van der Waals surface area contributed by atoms with E-state index in [0.717, 1.165) is 16.9 Å². The molecule has 0 amide bonds. The molecule has 5 nitrogen and oxygen atoms in total. The first kappa shape index (κ1) is 26.4. The fraction of sp³-hybridized carbons (Fsp3) is 0.389. The molecule has 0 N–H and O–H groups in total. The molecule has 142 valence electrons. The lowest BCUT2D eigenvalue weighted by molar-refractivity contribution is -0.193. The summed E-state index contributed by atoms with van der Waals surface area (Å²) < 4.78 is 0. The third-order valence-corrected chi connectivity index (χ3v) is 5.68. The van der Waals surface area contributed by atoms with Gasteiger partial charge in [-0.15, -0.1) is 22.9 Å². The molecule has 0 bridgehead atoms. The third kappa shape index (κ3) is 11.6. The van der Waals surface area contributed by atoms with Crippen LogP contribution in [0, 0.1) is 27.7 Å². The Kier molecular flexibility index (Phi) is 16.8. The van der Waals surface area contributed by atoms with Gasteiger partial charge in [0.2, 0.25) is 0 Å². The Morgan fingerprint density at radius 1 is 0.923 bits per heavy atom. The number of rotatable bonds is 4. The van der Waals surface area contributed by atoms with E-state index in [4.69, 9.17) is 30.8 Å². The summed E-state index contributed by atoms with van der Waals surface area (Å²) in [5.41, 5.74) is 5.15. The standard InChI is InChI=1S/C10H13ClOS.C6H8S.2CO2/c1-7-6-13-10(8(7)2)9(12)4-3-5-11;1-5-3-7-4-6(5)2;2*2-1-3/h6H,3-5H2,1-2H3;3-4H,1-2H3;;. The second-order valence-electron chi connectivity index (χ2n) is 4.99. The van der Waals surface area contributed by atoms with Gasteiger partial charge in [0, 0.05) is 12.3 Å². The van der Waals surface area contributed by atoms with E-state index in [1.54, 1.807) is 22.7 Å². The summed E-state index contributed by atoms with van der Waals surface area (Å²) in [6, 6.07) is 0. The maximum atomic E-state index is 11.6. The normalized spacial score (nSPS) is 8.35. The van der Waals surface area contributed by atoms with Crippen molar-refractivity contribution in [1.29, 1.82) is 0 Å². The minimum Gasteiger partial charge on any atom is -0.293 e. The van der Waals surface area contributed by atoms with Gasteiger partial charge in [-0.2, -0.15) is 30.5 Å². The topological polar surface area (TPSA) is 85.3 Å². The van der Waals surface area contributed by atoms with Crippen LogP contribution in [0.4, 0.5) is 0 Å². The molecule has 0 atom stereocenters. The van der Waals surface area contributed by atoms with Gasteiger partial charge in [0.1, 0.15) is 0 Å². The van der Waals surface area contributed by atoms with Gasteiger partial charge in [0.15, 0.2) is 5.78 Å². The molecule has 0 saturated heterocycles. The molecule has 0 spiro atoms. The van der Waals surface area contributed by atoms with E-state index in [1.165, 1.54) is 16.7 Å². The number of carbonyl (C=O) groups is 1. The van der Waals surface area contributed by atoms with Crippen LogP contribution in [-0.4, -0.2) is 24.0 Å². The highest BCUT2D eigenvalue weighted by atomic mass is 35.5. The van der Waals surface area contributed by atoms with Gasteiger partial charge in [-0.1, -0.05) is 0 Å². The van der Waals surface area contributed by atoms with Gasteiger partial charge < -0.3 is 0 Å². The summed E-state index contributed by atoms with van der Waals surface area (Å²) in [7, 11) is 0. The van der Waals surface area contributed by atoms with E-state index in [-0.39, 0.29) is 18.1 Å². The van der Waals surface area contributed by atoms with E-state index < -0.39 is 0 Å². The summed E-state index contributed by atoms with van der Waals surface area (Å²) >= 11 is 8.84. The van der Waals surface area contributed by atoms with E-state index in [0.29, 0.717) is 12.3 Å². The van der Waals surface area contributed by atoms with Crippen molar-refractivity contribution in [2.45, 2.75) is 40.5 Å². The van der Waals surface area contributed by atoms with Gasteiger partial charge in [-0.25, -0.2) is 0 Å². The number of Topliss-reactive ketones (excluding diaryl/α,β-unsaturated/α-hetero) is 1. The molecule has 0 aliphatic heterocycles. The lowest BCUT2D eigenvalue weighted by Gasteiger charge is -1.97. The third-order valence-electron chi connectivity index (χ3n) is 3.19. The Hall–Kier alpha value is -1.88. The van der Waals surface area contributed by atoms with Crippen molar-refractivity contribution in [3.63, 3.8) is 0 Å². The van der Waals surface area contributed by atoms with Gasteiger partial charge in [-0.05, 0) is 72.5 Å². The van der Waals surface area contributed by atoms with Crippen molar-refractivity contribution < 1.29 is 24.0 Å². The van der Waals surface area contributed by atoms with Crippen LogP contribution >= 0.6 is 34.3 Å². The van der Waals surface area contributed by atoms with Crippen LogP contribution in [0.3, 0.4) is 0 Å². The number of aryl methyl sites for hydroxylation is 3. The Morgan fingerprint density at radius 2 is 1.38 bits per heavy atom. The molecule has 2 aromatic heterocycles. The van der Waals surface area contributed by atoms with Crippen LogP contribution in [0.15, 0.2) is 16.1 Å². The average molecular weight is 417 g/mol. The average Bonchev–Trinajstić information content (AvgIpc) is 3.13. The predicted octanol–water partition coefficient (Wildman–Crippen LogP) is 4.76. The molecule has 8 heteroatoms.